The maximum absolute atomic E-state index is 9.87. The third kappa shape index (κ3) is 2.69. The molecular formula is C11H22N2O. The van der Waals surface area contributed by atoms with Crippen molar-refractivity contribution in [1.29, 1.82) is 0 Å². The lowest BCUT2D eigenvalue weighted by molar-refractivity contribution is 0.0217. The molecule has 0 unspecified atom stereocenters. The average molecular weight is 198 g/mol. The number of likely N-dealkylation sites (tertiary alicyclic amines) is 1. The number of hydrogen-bond donors (Lipinski definition) is 2. The van der Waals surface area contributed by atoms with Gasteiger partial charge >= 0.3 is 0 Å². The number of hydrogen-bond acceptors (Lipinski definition) is 3. The van der Waals surface area contributed by atoms with Crippen molar-refractivity contribution in [2.45, 2.75) is 31.8 Å². The predicted octanol–water partition coefficient (Wildman–Crippen LogP) is 0.428. The predicted molar refractivity (Wildman–Crippen MR) is 56.9 cm³/mol. The Morgan fingerprint density at radius 1 is 1.29 bits per heavy atom. The zero-order valence-corrected chi connectivity index (χ0v) is 8.86. The highest BCUT2D eigenvalue weighted by Crippen LogP contribution is 2.37. The molecule has 2 aliphatic rings. The minimum atomic E-state index is -0.0513. The van der Waals surface area contributed by atoms with Crippen molar-refractivity contribution in [1.82, 2.24) is 4.90 Å². The summed E-state index contributed by atoms with van der Waals surface area (Å²) < 4.78 is 0. The summed E-state index contributed by atoms with van der Waals surface area (Å²) in [6.45, 7) is 3.83. The molecule has 3 nitrogen and oxygen atoms in total. The largest absolute Gasteiger partial charge is 0.393 e. The van der Waals surface area contributed by atoms with Crippen molar-refractivity contribution < 1.29 is 5.11 Å². The second-order valence-corrected chi connectivity index (χ2v) is 4.88. The molecule has 14 heavy (non-hydrogen) atoms. The number of nitrogens with two attached hydrogens (primary N) is 1. The molecular weight excluding hydrogens is 176 g/mol. The van der Waals surface area contributed by atoms with Gasteiger partial charge in [-0.15, -0.1) is 0 Å². The van der Waals surface area contributed by atoms with E-state index in [-0.39, 0.29) is 6.10 Å². The summed E-state index contributed by atoms with van der Waals surface area (Å²) in [7, 11) is 0. The molecule has 0 aromatic heterocycles. The lowest BCUT2D eigenvalue weighted by Gasteiger charge is -2.36. The van der Waals surface area contributed by atoms with E-state index >= 15 is 0 Å². The van der Waals surface area contributed by atoms with Gasteiger partial charge in [0.25, 0.3) is 0 Å². The summed E-state index contributed by atoms with van der Waals surface area (Å²) in [6, 6.07) is 0. The first-order valence-electron chi connectivity index (χ1n) is 5.90. The number of aliphatic hydroxyl groups excluding tert-OH is 1. The molecule has 0 aromatic rings. The Morgan fingerprint density at radius 2 is 2.07 bits per heavy atom. The summed E-state index contributed by atoms with van der Waals surface area (Å²) in [5, 5.41) is 9.87. The maximum atomic E-state index is 9.87. The molecule has 0 amide bonds. The fourth-order valence-corrected chi connectivity index (χ4v) is 2.49. The van der Waals surface area contributed by atoms with E-state index in [0.29, 0.717) is 5.92 Å². The molecule has 82 valence electrons. The SMILES string of the molecule is NCCN1CC[C@@H](O)[C@H](CC2CC2)C1. The van der Waals surface area contributed by atoms with Gasteiger partial charge in [-0.2, -0.15) is 0 Å². The van der Waals surface area contributed by atoms with Crippen LogP contribution in [0.15, 0.2) is 0 Å². The van der Waals surface area contributed by atoms with Crippen LogP contribution in [0.25, 0.3) is 0 Å². The summed E-state index contributed by atoms with van der Waals surface area (Å²) in [5.41, 5.74) is 5.55. The van der Waals surface area contributed by atoms with E-state index in [1.165, 1.54) is 19.3 Å². The van der Waals surface area contributed by atoms with Crippen LogP contribution in [0.5, 0.6) is 0 Å². The van der Waals surface area contributed by atoms with Gasteiger partial charge in [-0.1, -0.05) is 12.8 Å². The van der Waals surface area contributed by atoms with Gasteiger partial charge in [-0.05, 0) is 24.7 Å². The maximum Gasteiger partial charge on any atom is 0.0592 e. The lowest BCUT2D eigenvalue weighted by Crippen LogP contribution is -2.45. The van der Waals surface area contributed by atoms with E-state index in [4.69, 9.17) is 5.73 Å². The van der Waals surface area contributed by atoms with Gasteiger partial charge in [0.2, 0.25) is 0 Å². The Kier molecular flexibility index (Phi) is 3.42. The fraction of sp³-hybridized carbons (Fsp3) is 1.00. The third-order valence-corrected chi connectivity index (χ3v) is 3.56. The molecule has 2 fully saturated rings. The van der Waals surface area contributed by atoms with Crippen molar-refractivity contribution in [3.63, 3.8) is 0 Å². The van der Waals surface area contributed by atoms with Gasteiger partial charge in [0.15, 0.2) is 0 Å². The highest BCUT2D eigenvalue weighted by atomic mass is 16.3. The van der Waals surface area contributed by atoms with E-state index in [9.17, 15) is 5.11 Å². The van der Waals surface area contributed by atoms with Crippen molar-refractivity contribution in [3.05, 3.63) is 0 Å². The summed E-state index contributed by atoms with van der Waals surface area (Å²) in [5.74, 6) is 1.44. The summed E-state index contributed by atoms with van der Waals surface area (Å²) >= 11 is 0. The fourth-order valence-electron chi connectivity index (χ4n) is 2.49. The van der Waals surface area contributed by atoms with Crippen LogP contribution in [0.1, 0.15) is 25.7 Å². The topological polar surface area (TPSA) is 49.5 Å². The monoisotopic (exact) mass is 198 g/mol. The summed E-state index contributed by atoms with van der Waals surface area (Å²) in [6.07, 6.45) is 4.91. The van der Waals surface area contributed by atoms with Crippen molar-refractivity contribution in [2.24, 2.45) is 17.6 Å². The molecule has 1 heterocycles. The zero-order chi connectivity index (χ0) is 9.97. The lowest BCUT2D eigenvalue weighted by atomic mass is 9.90. The van der Waals surface area contributed by atoms with Crippen LogP contribution in [-0.4, -0.2) is 42.3 Å². The molecule has 2 atom stereocenters. The Morgan fingerprint density at radius 3 is 2.71 bits per heavy atom. The normalized spacial score (nSPS) is 34.7. The number of rotatable bonds is 4. The number of nitrogens with zero attached hydrogens (tertiary/aromatic N) is 1. The average Bonchev–Trinajstić information content (AvgIpc) is 2.95. The van der Waals surface area contributed by atoms with Gasteiger partial charge in [0.1, 0.15) is 0 Å². The van der Waals surface area contributed by atoms with Crippen molar-refractivity contribution >= 4 is 0 Å². The molecule has 2 rings (SSSR count). The summed E-state index contributed by atoms with van der Waals surface area (Å²) in [4.78, 5) is 2.40. The molecule has 0 spiro atoms. The molecule has 1 saturated heterocycles. The zero-order valence-electron chi connectivity index (χ0n) is 8.86. The second kappa shape index (κ2) is 4.60. The number of aliphatic hydroxyl groups is 1. The van der Waals surface area contributed by atoms with Crippen LogP contribution >= 0.6 is 0 Å². The molecule has 0 radical (unpaired) electrons. The first kappa shape index (κ1) is 10.4. The van der Waals surface area contributed by atoms with Crippen LogP contribution < -0.4 is 5.73 Å². The van der Waals surface area contributed by atoms with Crippen molar-refractivity contribution in [2.75, 3.05) is 26.2 Å². The smallest absolute Gasteiger partial charge is 0.0592 e. The standard InChI is InChI=1S/C11H22N2O/c12-4-6-13-5-3-11(14)10(8-13)7-9-1-2-9/h9-11,14H,1-8,12H2/t10-,11-/m1/s1. The Bertz CT molecular complexity index is 182. The molecule has 1 saturated carbocycles. The molecule has 3 heteroatoms. The van der Waals surface area contributed by atoms with E-state index in [0.717, 1.165) is 38.5 Å². The molecule has 3 N–H and O–H groups in total. The quantitative estimate of drug-likeness (QED) is 0.688. The molecule has 1 aliphatic heterocycles. The molecule has 1 aliphatic carbocycles. The Balaban J connectivity index is 1.79. The van der Waals surface area contributed by atoms with Crippen LogP contribution in [0.3, 0.4) is 0 Å². The minimum Gasteiger partial charge on any atom is -0.393 e. The Labute approximate surface area is 86.3 Å². The van der Waals surface area contributed by atoms with Crippen LogP contribution in [0.4, 0.5) is 0 Å². The van der Waals surface area contributed by atoms with Crippen LogP contribution in [0.2, 0.25) is 0 Å². The van der Waals surface area contributed by atoms with Gasteiger partial charge in [0.05, 0.1) is 6.10 Å². The van der Waals surface area contributed by atoms with Gasteiger partial charge in [0, 0.05) is 26.2 Å². The van der Waals surface area contributed by atoms with Crippen LogP contribution in [0, 0.1) is 11.8 Å². The van der Waals surface area contributed by atoms with E-state index < -0.39 is 0 Å². The molecule has 0 aromatic carbocycles. The first-order chi connectivity index (χ1) is 6.79. The first-order valence-corrected chi connectivity index (χ1v) is 5.90. The third-order valence-electron chi connectivity index (χ3n) is 3.56. The number of piperidine rings is 1. The highest BCUT2D eigenvalue weighted by Gasteiger charge is 2.32. The van der Waals surface area contributed by atoms with Crippen molar-refractivity contribution in [3.8, 4) is 0 Å². The minimum absolute atomic E-state index is 0.0513. The highest BCUT2D eigenvalue weighted by molar-refractivity contribution is 4.85. The Hall–Kier alpha value is -0.120. The van der Waals surface area contributed by atoms with Gasteiger partial charge in [-0.3, -0.25) is 0 Å². The van der Waals surface area contributed by atoms with Gasteiger partial charge in [-0.25, -0.2) is 0 Å². The molecule has 0 bridgehead atoms. The van der Waals surface area contributed by atoms with E-state index in [1.54, 1.807) is 0 Å². The van der Waals surface area contributed by atoms with Gasteiger partial charge < -0.3 is 15.7 Å². The second-order valence-electron chi connectivity index (χ2n) is 4.88. The van der Waals surface area contributed by atoms with Crippen LogP contribution in [-0.2, 0) is 0 Å². The van der Waals surface area contributed by atoms with E-state index in [2.05, 4.69) is 4.90 Å². The van der Waals surface area contributed by atoms with E-state index in [1.807, 2.05) is 0 Å².